The first-order chi connectivity index (χ1) is 12.0. The second kappa shape index (κ2) is 12.7. The molecule has 1 aromatic rings. The fourth-order valence-electron chi connectivity index (χ4n) is 2.51. The molecule has 140 valence electrons. The first kappa shape index (κ1) is 21.4. The number of unbranched alkanes of at least 4 members (excludes halogenated alkanes) is 3. The number of benzene rings is 1. The van der Waals surface area contributed by atoms with Crippen LogP contribution in [0.15, 0.2) is 24.3 Å². The van der Waals surface area contributed by atoms with Gasteiger partial charge in [-0.05, 0) is 37.3 Å². The van der Waals surface area contributed by atoms with E-state index in [1.54, 1.807) is 0 Å². The zero-order valence-electron chi connectivity index (χ0n) is 15.4. The van der Waals surface area contributed by atoms with E-state index in [1.807, 2.05) is 24.3 Å². The molecule has 0 saturated heterocycles. The molecule has 4 nitrogen and oxygen atoms in total. The van der Waals surface area contributed by atoms with Crippen LogP contribution in [0.2, 0.25) is 0 Å². The van der Waals surface area contributed by atoms with Crippen molar-refractivity contribution in [1.29, 1.82) is 0 Å². The van der Waals surface area contributed by atoms with Crippen LogP contribution >= 0.6 is 12.2 Å². The highest BCUT2D eigenvalue weighted by molar-refractivity contribution is 7.80. The molecule has 0 fully saturated rings. The molecule has 25 heavy (non-hydrogen) atoms. The number of carboxylic acids is 1. The van der Waals surface area contributed by atoms with Crippen LogP contribution in [-0.2, 0) is 4.79 Å². The van der Waals surface area contributed by atoms with Crippen LogP contribution in [0, 0.1) is 5.92 Å². The van der Waals surface area contributed by atoms with Crippen molar-refractivity contribution in [1.82, 2.24) is 0 Å². The number of carbonyl (C=O) groups is 1. The highest BCUT2D eigenvalue weighted by Crippen LogP contribution is 2.24. The van der Waals surface area contributed by atoms with Gasteiger partial charge in [0.25, 0.3) is 0 Å². The zero-order valence-corrected chi connectivity index (χ0v) is 16.2. The highest BCUT2D eigenvalue weighted by Gasteiger charge is 2.06. The maximum absolute atomic E-state index is 10.5. The van der Waals surface area contributed by atoms with Crippen molar-refractivity contribution in [2.75, 3.05) is 11.9 Å². The summed E-state index contributed by atoms with van der Waals surface area (Å²) in [6.45, 7) is 4.91. The third kappa shape index (κ3) is 10.8. The van der Waals surface area contributed by atoms with Gasteiger partial charge in [0, 0.05) is 6.42 Å². The van der Waals surface area contributed by atoms with E-state index < -0.39 is 5.97 Å². The van der Waals surface area contributed by atoms with Crippen LogP contribution in [0.25, 0.3) is 0 Å². The molecule has 1 rings (SSSR count). The summed E-state index contributed by atoms with van der Waals surface area (Å²) >= 11 is 5.44. The van der Waals surface area contributed by atoms with Gasteiger partial charge in [0.15, 0.2) is 0 Å². The van der Waals surface area contributed by atoms with Crippen LogP contribution in [0.1, 0.15) is 65.2 Å². The van der Waals surface area contributed by atoms with Gasteiger partial charge in [0.2, 0.25) is 0 Å². The average Bonchev–Trinajstić information content (AvgIpc) is 2.55. The molecular weight excluding hydrogens is 334 g/mol. The number of anilines is 1. The molecule has 0 aliphatic carbocycles. The van der Waals surface area contributed by atoms with Crippen molar-refractivity contribution in [2.24, 2.45) is 5.92 Å². The summed E-state index contributed by atoms with van der Waals surface area (Å²) in [6, 6.07) is 7.63. The lowest BCUT2D eigenvalue weighted by Gasteiger charge is -2.13. The first-order valence-electron chi connectivity index (χ1n) is 9.22. The van der Waals surface area contributed by atoms with Gasteiger partial charge in [0.1, 0.15) is 5.75 Å². The molecule has 0 atom stereocenters. The largest absolute Gasteiger partial charge is 0.491 e. The lowest BCUT2D eigenvalue weighted by atomic mass is 10.0. The number of thiocarbonyl (C=S) groups is 1. The van der Waals surface area contributed by atoms with Crippen LogP contribution in [-0.4, -0.2) is 22.7 Å². The quantitative estimate of drug-likeness (QED) is 0.348. The lowest BCUT2D eigenvalue weighted by Crippen LogP contribution is -2.10. The summed E-state index contributed by atoms with van der Waals surface area (Å²) < 4.78 is 5.68. The maximum atomic E-state index is 10.5. The minimum atomic E-state index is -0.801. The second-order valence-corrected chi connectivity index (χ2v) is 7.23. The number of aliphatic carboxylic acids is 1. The van der Waals surface area contributed by atoms with Crippen molar-refractivity contribution in [3.63, 3.8) is 0 Å². The minimum absolute atomic E-state index is 0.116. The molecule has 2 N–H and O–H groups in total. The molecule has 0 bridgehead atoms. The van der Waals surface area contributed by atoms with Gasteiger partial charge in [-0.1, -0.05) is 63.9 Å². The number of rotatable bonds is 13. The Kier molecular flexibility index (Phi) is 10.9. The van der Waals surface area contributed by atoms with Gasteiger partial charge in [-0.2, -0.15) is 0 Å². The summed E-state index contributed by atoms with van der Waals surface area (Å²) in [4.78, 5) is 11.4. The fraction of sp³-hybridized carbons (Fsp3) is 0.600. The summed E-state index contributed by atoms with van der Waals surface area (Å²) in [7, 11) is 0. The van der Waals surface area contributed by atoms with Crippen LogP contribution < -0.4 is 10.1 Å². The third-order valence-electron chi connectivity index (χ3n) is 3.89. The fourth-order valence-corrected chi connectivity index (χ4v) is 2.76. The Labute approximate surface area is 157 Å². The summed E-state index contributed by atoms with van der Waals surface area (Å²) in [5.74, 6) is 0.700. The second-order valence-electron chi connectivity index (χ2n) is 6.74. The Balaban J connectivity index is 2.30. The Morgan fingerprint density at radius 1 is 1.12 bits per heavy atom. The van der Waals surface area contributed by atoms with Gasteiger partial charge in [-0.25, -0.2) is 0 Å². The molecule has 5 heteroatoms. The number of ether oxygens (including phenoxy) is 1. The van der Waals surface area contributed by atoms with Crippen molar-refractivity contribution < 1.29 is 14.6 Å². The van der Waals surface area contributed by atoms with Gasteiger partial charge in [0.05, 0.1) is 17.3 Å². The van der Waals surface area contributed by atoms with E-state index in [4.69, 9.17) is 22.1 Å². The molecule has 0 heterocycles. The van der Waals surface area contributed by atoms with Gasteiger partial charge >= 0.3 is 5.97 Å². The smallest absolute Gasteiger partial charge is 0.303 e. The average molecular weight is 366 g/mol. The van der Waals surface area contributed by atoms with Gasteiger partial charge in [-0.15, -0.1) is 0 Å². The Hall–Kier alpha value is -1.62. The van der Waals surface area contributed by atoms with Crippen molar-refractivity contribution >= 4 is 28.9 Å². The molecule has 0 spiro atoms. The van der Waals surface area contributed by atoms with E-state index in [2.05, 4.69) is 19.2 Å². The predicted octanol–water partition coefficient (Wildman–Crippen LogP) is 5.67. The normalized spacial score (nSPS) is 10.7. The van der Waals surface area contributed by atoms with Crippen LogP contribution in [0.5, 0.6) is 5.75 Å². The molecule has 0 aliphatic rings. The number of para-hydroxylation sites is 2. The zero-order chi connectivity index (χ0) is 18.5. The number of carboxylic acid groups (broad SMARTS) is 1. The van der Waals surface area contributed by atoms with Crippen LogP contribution in [0.3, 0.4) is 0 Å². The summed E-state index contributed by atoms with van der Waals surface area (Å²) in [6.07, 6.45) is 7.66. The first-order valence-corrected chi connectivity index (χ1v) is 9.63. The van der Waals surface area contributed by atoms with Gasteiger partial charge < -0.3 is 15.2 Å². The molecule has 0 aromatic heterocycles. The minimum Gasteiger partial charge on any atom is -0.491 e. The molecule has 0 aliphatic heterocycles. The lowest BCUT2D eigenvalue weighted by molar-refractivity contribution is -0.137. The SMILES string of the molecule is CC(C)CCCCCCC(=S)Nc1ccccc1OCCCC(=O)O. The summed E-state index contributed by atoms with van der Waals surface area (Å²) in [5.41, 5.74) is 0.850. The maximum Gasteiger partial charge on any atom is 0.303 e. The number of nitrogens with one attached hydrogen (secondary N) is 1. The van der Waals surface area contributed by atoms with Crippen molar-refractivity contribution in [2.45, 2.75) is 65.2 Å². The van der Waals surface area contributed by atoms with E-state index >= 15 is 0 Å². The van der Waals surface area contributed by atoms with E-state index in [0.29, 0.717) is 18.8 Å². The van der Waals surface area contributed by atoms with E-state index in [0.717, 1.165) is 29.4 Å². The molecule has 0 saturated carbocycles. The molecule has 0 unspecified atom stereocenters. The topological polar surface area (TPSA) is 58.6 Å². The Bertz CT molecular complexity index is 531. The molecular formula is C20H31NO3S. The summed E-state index contributed by atoms with van der Waals surface area (Å²) in [5, 5.41) is 11.9. The van der Waals surface area contributed by atoms with Gasteiger partial charge in [-0.3, -0.25) is 4.79 Å². The number of hydrogen-bond acceptors (Lipinski definition) is 3. The monoisotopic (exact) mass is 365 g/mol. The van der Waals surface area contributed by atoms with E-state index in [1.165, 1.54) is 25.7 Å². The molecule has 1 aromatic carbocycles. The Morgan fingerprint density at radius 2 is 1.84 bits per heavy atom. The van der Waals surface area contributed by atoms with E-state index in [-0.39, 0.29) is 6.42 Å². The van der Waals surface area contributed by atoms with E-state index in [9.17, 15) is 4.79 Å². The Morgan fingerprint density at radius 3 is 2.56 bits per heavy atom. The van der Waals surface area contributed by atoms with Crippen molar-refractivity contribution in [3.8, 4) is 5.75 Å². The highest BCUT2D eigenvalue weighted by atomic mass is 32.1. The molecule has 0 amide bonds. The standard InChI is InChI=1S/C20H31NO3S/c1-16(2)10-5-3-4-6-13-19(25)21-17-11-7-8-12-18(17)24-15-9-14-20(22)23/h7-8,11-12,16H,3-6,9-10,13-15H2,1-2H3,(H,21,25)(H,22,23). The third-order valence-corrected chi connectivity index (χ3v) is 4.20. The number of hydrogen-bond donors (Lipinski definition) is 2. The van der Waals surface area contributed by atoms with Crippen LogP contribution in [0.4, 0.5) is 5.69 Å². The van der Waals surface area contributed by atoms with Crippen molar-refractivity contribution in [3.05, 3.63) is 24.3 Å². The predicted molar refractivity (Wildman–Crippen MR) is 108 cm³/mol. The molecule has 0 radical (unpaired) electrons.